The van der Waals surface area contributed by atoms with Crippen molar-refractivity contribution in [3.63, 3.8) is 0 Å². The van der Waals surface area contributed by atoms with E-state index >= 15 is 0 Å². The van der Waals surface area contributed by atoms with Gasteiger partial charge in [0.1, 0.15) is 5.01 Å². The van der Waals surface area contributed by atoms with E-state index in [1.165, 1.54) is 37.1 Å². The van der Waals surface area contributed by atoms with Crippen LogP contribution in [0, 0.1) is 0 Å². The Morgan fingerprint density at radius 1 is 1.43 bits per heavy atom. The van der Waals surface area contributed by atoms with E-state index in [-0.39, 0.29) is 0 Å². The van der Waals surface area contributed by atoms with E-state index in [0.717, 1.165) is 6.54 Å². The van der Waals surface area contributed by atoms with Gasteiger partial charge in [0.2, 0.25) is 0 Å². The first-order chi connectivity index (χ1) is 6.79. The summed E-state index contributed by atoms with van der Waals surface area (Å²) in [4.78, 5) is 4.29. The first kappa shape index (κ1) is 10.1. The molecule has 14 heavy (non-hydrogen) atoms. The molecular weight excluding hydrogens is 192 g/mol. The molecule has 0 spiro atoms. The Bertz CT molecular complexity index is 263. The fourth-order valence-electron chi connectivity index (χ4n) is 2.14. The van der Waals surface area contributed by atoms with Crippen molar-refractivity contribution in [3.8, 4) is 0 Å². The van der Waals surface area contributed by atoms with Gasteiger partial charge in [0.05, 0.1) is 0 Å². The Labute approximate surface area is 89.8 Å². The minimum absolute atomic E-state index is 0.365. The molecule has 1 N–H and O–H groups in total. The zero-order valence-corrected chi connectivity index (χ0v) is 9.57. The van der Waals surface area contributed by atoms with Crippen molar-refractivity contribution >= 4 is 11.3 Å². The number of hydrogen-bond acceptors (Lipinski definition) is 3. The molecule has 0 radical (unpaired) electrons. The number of hydrogen-bond donors (Lipinski definition) is 1. The highest BCUT2D eigenvalue weighted by molar-refractivity contribution is 7.09. The molecular formula is C11H18N2S. The average Bonchev–Trinajstić information content (AvgIpc) is 2.69. The lowest BCUT2D eigenvalue weighted by Gasteiger charge is -2.34. The van der Waals surface area contributed by atoms with Crippen molar-refractivity contribution in [3.05, 3.63) is 16.6 Å². The summed E-state index contributed by atoms with van der Waals surface area (Å²) in [6.07, 6.45) is 8.68. The molecule has 1 aliphatic rings. The third-order valence-corrected chi connectivity index (χ3v) is 3.89. The van der Waals surface area contributed by atoms with Gasteiger partial charge in [-0.05, 0) is 19.8 Å². The van der Waals surface area contributed by atoms with Gasteiger partial charge in [-0.3, -0.25) is 0 Å². The van der Waals surface area contributed by atoms with Crippen LogP contribution in [-0.2, 0) is 6.54 Å². The Morgan fingerprint density at radius 2 is 2.21 bits per heavy atom. The predicted molar refractivity (Wildman–Crippen MR) is 60.4 cm³/mol. The molecule has 1 heterocycles. The van der Waals surface area contributed by atoms with Crippen molar-refractivity contribution in [2.24, 2.45) is 0 Å². The van der Waals surface area contributed by atoms with Crippen molar-refractivity contribution in [1.82, 2.24) is 10.3 Å². The molecule has 0 aliphatic heterocycles. The third kappa shape index (κ3) is 2.55. The van der Waals surface area contributed by atoms with Crippen LogP contribution in [0.3, 0.4) is 0 Å². The van der Waals surface area contributed by atoms with Crippen LogP contribution in [0.4, 0.5) is 0 Å². The molecule has 2 rings (SSSR count). The number of thiazole rings is 1. The van der Waals surface area contributed by atoms with Gasteiger partial charge in [-0.25, -0.2) is 4.98 Å². The van der Waals surface area contributed by atoms with Crippen LogP contribution >= 0.6 is 11.3 Å². The summed E-state index contributed by atoms with van der Waals surface area (Å²) in [5, 5.41) is 6.90. The molecule has 0 unspecified atom stereocenters. The lowest BCUT2D eigenvalue weighted by molar-refractivity contribution is 0.252. The first-order valence-corrected chi connectivity index (χ1v) is 6.30. The smallest absolute Gasteiger partial charge is 0.106 e. The molecule has 78 valence electrons. The molecule has 0 amide bonds. The normalized spacial score (nSPS) is 20.9. The molecule has 2 nitrogen and oxygen atoms in total. The molecule has 1 aliphatic carbocycles. The standard InChI is InChI=1S/C11H18N2S/c1-11(5-3-2-4-6-11)13-9-10-12-7-8-14-10/h7-8,13H,2-6,9H2,1H3. The minimum Gasteiger partial charge on any atom is -0.305 e. The fraction of sp³-hybridized carbons (Fsp3) is 0.727. The topological polar surface area (TPSA) is 24.9 Å². The Morgan fingerprint density at radius 3 is 2.86 bits per heavy atom. The van der Waals surface area contributed by atoms with Crippen LogP contribution in [0.5, 0.6) is 0 Å². The van der Waals surface area contributed by atoms with E-state index in [1.54, 1.807) is 11.3 Å². The summed E-state index contributed by atoms with van der Waals surface area (Å²) < 4.78 is 0. The van der Waals surface area contributed by atoms with Crippen LogP contribution < -0.4 is 5.32 Å². The summed E-state index contributed by atoms with van der Waals surface area (Å²) in [5.74, 6) is 0. The van der Waals surface area contributed by atoms with Crippen molar-refractivity contribution in [2.75, 3.05) is 0 Å². The Hall–Kier alpha value is -0.410. The minimum atomic E-state index is 0.365. The largest absolute Gasteiger partial charge is 0.305 e. The highest BCUT2D eigenvalue weighted by atomic mass is 32.1. The number of rotatable bonds is 3. The van der Waals surface area contributed by atoms with E-state index in [4.69, 9.17) is 0 Å². The maximum Gasteiger partial charge on any atom is 0.106 e. The summed E-state index contributed by atoms with van der Waals surface area (Å²) in [6.45, 7) is 3.29. The molecule has 1 aromatic heterocycles. The quantitative estimate of drug-likeness (QED) is 0.829. The molecule has 0 bridgehead atoms. The fourth-order valence-corrected chi connectivity index (χ4v) is 2.69. The Balaban J connectivity index is 1.84. The summed E-state index contributed by atoms with van der Waals surface area (Å²) in [6, 6.07) is 0. The number of nitrogens with zero attached hydrogens (tertiary/aromatic N) is 1. The van der Waals surface area contributed by atoms with Gasteiger partial charge in [-0.15, -0.1) is 11.3 Å². The van der Waals surface area contributed by atoms with Crippen LogP contribution in [-0.4, -0.2) is 10.5 Å². The zero-order chi connectivity index (χ0) is 9.86. The maximum absolute atomic E-state index is 4.29. The highest BCUT2D eigenvalue weighted by Crippen LogP contribution is 2.27. The molecule has 3 heteroatoms. The van der Waals surface area contributed by atoms with Gasteiger partial charge in [-0.2, -0.15) is 0 Å². The molecule has 1 saturated carbocycles. The summed E-state index contributed by atoms with van der Waals surface area (Å²) in [5.41, 5.74) is 0.365. The second-order valence-corrected chi connectivity index (χ2v) is 5.38. The second kappa shape index (κ2) is 4.41. The number of nitrogens with one attached hydrogen (secondary N) is 1. The van der Waals surface area contributed by atoms with Crippen LogP contribution in [0.2, 0.25) is 0 Å². The van der Waals surface area contributed by atoms with Crippen LogP contribution in [0.25, 0.3) is 0 Å². The lowest BCUT2D eigenvalue weighted by Crippen LogP contribution is -2.43. The summed E-state index contributed by atoms with van der Waals surface area (Å²) >= 11 is 1.74. The molecule has 1 fully saturated rings. The molecule has 0 saturated heterocycles. The van der Waals surface area contributed by atoms with E-state index in [0.29, 0.717) is 5.54 Å². The van der Waals surface area contributed by atoms with Crippen molar-refractivity contribution in [2.45, 2.75) is 51.1 Å². The molecule has 0 atom stereocenters. The zero-order valence-electron chi connectivity index (χ0n) is 8.75. The van der Waals surface area contributed by atoms with E-state index in [9.17, 15) is 0 Å². The van der Waals surface area contributed by atoms with Gasteiger partial charge >= 0.3 is 0 Å². The van der Waals surface area contributed by atoms with E-state index < -0.39 is 0 Å². The van der Waals surface area contributed by atoms with Gasteiger partial charge in [0, 0.05) is 23.7 Å². The van der Waals surface area contributed by atoms with Gasteiger partial charge in [0.25, 0.3) is 0 Å². The predicted octanol–water partition coefficient (Wildman–Crippen LogP) is 2.96. The van der Waals surface area contributed by atoms with E-state index in [1.807, 2.05) is 11.6 Å². The van der Waals surface area contributed by atoms with E-state index in [2.05, 4.69) is 17.2 Å². The lowest BCUT2D eigenvalue weighted by atomic mass is 9.83. The van der Waals surface area contributed by atoms with Gasteiger partial charge in [-0.1, -0.05) is 19.3 Å². The number of aromatic nitrogens is 1. The third-order valence-electron chi connectivity index (χ3n) is 3.11. The monoisotopic (exact) mass is 210 g/mol. The van der Waals surface area contributed by atoms with Crippen LogP contribution in [0.1, 0.15) is 44.0 Å². The highest BCUT2D eigenvalue weighted by Gasteiger charge is 2.25. The Kier molecular flexibility index (Phi) is 3.19. The SMILES string of the molecule is CC1(NCc2nccs2)CCCCC1. The molecule has 0 aromatic carbocycles. The maximum atomic E-state index is 4.29. The average molecular weight is 210 g/mol. The van der Waals surface area contributed by atoms with Crippen molar-refractivity contribution < 1.29 is 0 Å². The second-order valence-electron chi connectivity index (χ2n) is 4.40. The molecule has 1 aromatic rings. The van der Waals surface area contributed by atoms with Gasteiger partial charge < -0.3 is 5.32 Å². The summed E-state index contributed by atoms with van der Waals surface area (Å²) in [7, 11) is 0. The first-order valence-electron chi connectivity index (χ1n) is 5.42. The van der Waals surface area contributed by atoms with Crippen LogP contribution in [0.15, 0.2) is 11.6 Å². The van der Waals surface area contributed by atoms with Gasteiger partial charge in [0.15, 0.2) is 0 Å². The van der Waals surface area contributed by atoms with Crippen molar-refractivity contribution in [1.29, 1.82) is 0 Å².